The molecular weight excluding hydrogens is 424 g/mol. The number of hydrogen-bond acceptors (Lipinski definition) is 7. The molecule has 2 N–H and O–H groups in total. The van der Waals surface area contributed by atoms with Gasteiger partial charge in [-0.3, -0.25) is 0 Å². The van der Waals surface area contributed by atoms with E-state index in [-0.39, 0.29) is 17.7 Å². The fourth-order valence-electron chi connectivity index (χ4n) is 4.50. The quantitative estimate of drug-likeness (QED) is 0.624. The number of rotatable bonds is 4. The molecule has 1 aromatic carbocycles. The van der Waals surface area contributed by atoms with E-state index in [0.29, 0.717) is 17.1 Å². The van der Waals surface area contributed by atoms with Crippen LogP contribution in [-0.2, 0) is 13.0 Å². The van der Waals surface area contributed by atoms with Crippen molar-refractivity contribution in [2.24, 2.45) is 0 Å². The minimum Gasteiger partial charge on any atom is -0.369 e. The summed E-state index contributed by atoms with van der Waals surface area (Å²) in [5.74, 6) is -0.196. The SMILES string of the molecule is CC(C)N1CCN(C)c2c(F)cc(-c3nc(Nc4ccc5c(n4)CCNC5)ncc3F)cc21. The summed E-state index contributed by atoms with van der Waals surface area (Å²) < 4.78 is 30.0. The molecule has 2 aliphatic heterocycles. The summed E-state index contributed by atoms with van der Waals surface area (Å²) >= 11 is 0. The molecule has 0 saturated heterocycles. The Kier molecular flexibility index (Phi) is 5.57. The molecule has 2 aromatic heterocycles. The molecule has 2 aliphatic rings. The van der Waals surface area contributed by atoms with Gasteiger partial charge < -0.3 is 20.4 Å². The Morgan fingerprint density at radius 1 is 1.09 bits per heavy atom. The highest BCUT2D eigenvalue weighted by atomic mass is 19.1. The van der Waals surface area contributed by atoms with Gasteiger partial charge in [0, 0.05) is 56.9 Å². The maximum atomic E-state index is 15.2. The summed E-state index contributed by atoms with van der Waals surface area (Å²) in [7, 11) is 1.87. The van der Waals surface area contributed by atoms with Gasteiger partial charge in [-0.2, -0.15) is 0 Å². The van der Waals surface area contributed by atoms with Crippen molar-refractivity contribution in [3.8, 4) is 11.3 Å². The molecule has 0 unspecified atom stereocenters. The molecule has 33 heavy (non-hydrogen) atoms. The first kappa shape index (κ1) is 21.5. The summed E-state index contributed by atoms with van der Waals surface area (Å²) in [6, 6.07) is 7.21. The number of nitrogens with one attached hydrogen (secondary N) is 2. The van der Waals surface area contributed by atoms with Crippen LogP contribution in [0.25, 0.3) is 11.3 Å². The van der Waals surface area contributed by atoms with Crippen LogP contribution >= 0.6 is 0 Å². The van der Waals surface area contributed by atoms with Crippen molar-refractivity contribution in [1.29, 1.82) is 0 Å². The Hall–Kier alpha value is -3.33. The lowest BCUT2D eigenvalue weighted by atomic mass is 10.0. The molecule has 5 rings (SSSR count). The fourth-order valence-corrected chi connectivity index (χ4v) is 4.50. The van der Waals surface area contributed by atoms with Crippen LogP contribution in [0, 0.1) is 11.6 Å². The molecule has 0 saturated carbocycles. The smallest absolute Gasteiger partial charge is 0.229 e. The van der Waals surface area contributed by atoms with Crippen LogP contribution in [0.2, 0.25) is 0 Å². The molecule has 9 heteroatoms. The number of fused-ring (bicyclic) bond motifs is 2. The lowest BCUT2D eigenvalue weighted by molar-refractivity contribution is 0.599. The Balaban J connectivity index is 1.51. The molecule has 0 amide bonds. The molecule has 0 radical (unpaired) electrons. The molecule has 0 spiro atoms. The second-order valence-electron chi connectivity index (χ2n) is 8.78. The maximum absolute atomic E-state index is 15.2. The van der Waals surface area contributed by atoms with Gasteiger partial charge in [-0.15, -0.1) is 0 Å². The van der Waals surface area contributed by atoms with E-state index >= 15 is 4.39 Å². The normalized spacial score (nSPS) is 15.5. The summed E-state index contributed by atoms with van der Waals surface area (Å²) in [6.07, 6.45) is 1.95. The standard InChI is InChI=1S/C24H27F2N7/c1-14(2)33-9-8-32(3)23-17(25)10-16(11-20(23)33)22-18(26)13-28-24(31-22)30-21-5-4-15-12-27-7-6-19(15)29-21/h4-5,10-11,13-14,27H,6-9,12H2,1-3H3,(H,28,29,30,31). The van der Waals surface area contributed by atoms with Crippen molar-refractivity contribution < 1.29 is 8.78 Å². The van der Waals surface area contributed by atoms with Gasteiger partial charge in [-0.1, -0.05) is 6.07 Å². The zero-order chi connectivity index (χ0) is 23.1. The first-order valence-corrected chi connectivity index (χ1v) is 11.2. The van der Waals surface area contributed by atoms with E-state index in [1.165, 1.54) is 6.07 Å². The van der Waals surface area contributed by atoms with Gasteiger partial charge >= 0.3 is 0 Å². The molecule has 0 bridgehead atoms. The fraction of sp³-hybridized carbons (Fsp3) is 0.375. The van der Waals surface area contributed by atoms with Crippen LogP contribution in [0.15, 0.2) is 30.5 Å². The third kappa shape index (κ3) is 4.08. The van der Waals surface area contributed by atoms with Gasteiger partial charge in [0.25, 0.3) is 0 Å². The Bertz CT molecular complexity index is 1200. The summed E-state index contributed by atoms with van der Waals surface area (Å²) in [4.78, 5) is 17.1. The zero-order valence-corrected chi connectivity index (χ0v) is 19.0. The van der Waals surface area contributed by atoms with Crippen molar-refractivity contribution in [3.63, 3.8) is 0 Å². The van der Waals surface area contributed by atoms with Gasteiger partial charge in [0.05, 0.1) is 17.6 Å². The zero-order valence-electron chi connectivity index (χ0n) is 19.0. The topological polar surface area (TPSA) is 69.2 Å². The van der Waals surface area contributed by atoms with Gasteiger partial charge in [0.2, 0.25) is 5.95 Å². The number of likely N-dealkylation sites (N-methyl/N-ethyl adjacent to an activating group) is 1. The number of hydrogen-bond donors (Lipinski definition) is 2. The van der Waals surface area contributed by atoms with Crippen molar-refractivity contribution in [2.45, 2.75) is 32.9 Å². The predicted molar refractivity (Wildman–Crippen MR) is 126 cm³/mol. The maximum Gasteiger partial charge on any atom is 0.229 e. The van der Waals surface area contributed by atoms with E-state index < -0.39 is 11.6 Å². The van der Waals surface area contributed by atoms with E-state index in [1.54, 1.807) is 0 Å². The number of halogens is 2. The highest BCUT2D eigenvalue weighted by molar-refractivity contribution is 5.80. The van der Waals surface area contributed by atoms with Crippen molar-refractivity contribution in [2.75, 3.05) is 41.8 Å². The van der Waals surface area contributed by atoms with E-state index in [1.807, 2.05) is 30.1 Å². The van der Waals surface area contributed by atoms with Crippen LogP contribution in [-0.4, -0.2) is 47.7 Å². The minimum absolute atomic E-state index is 0.0493. The summed E-state index contributed by atoms with van der Waals surface area (Å²) in [5.41, 5.74) is 3.88. The van der Waals surface area contributed by atoms with E-state index in [9.17, 15) is 4.39 Å². The third-order valence-electron chi connectivity index (χ3n) is 6.21. The number of pyridine rings is 1. The number of nitrogens with zero attached hydrogens (tertiary/aromatic N) is 5. The van der Waals surface area contributed by atoms with Crippen molar-refractivity contribution in [3.05, 3.63) is 53.4 Å². The van der Waals surface area contributed by atoms with Crippen LogP contribution in [0.3, 0.4) is 0 Å². The van der Waals surface area contributed by atoms with Gasteiger partial charge in [-0.25, -0.2) is 23.7 Å². The summed E-state index contributed by atoms with van der Waals surface area (Å²) in [5, 5.41) is 6.39. The number of aromatic nitrogens is 3. The Morgan fingerprint density at radius 3 is 2.76 bits per heavy atom. The van der Waals surface area contributed by atoms with Crippen molar-refractivity contribution in [1.82, 2.24) is 20.3 Å². The average Bonchev–Trinajstić information content (AvgIpc) is 2.80. The predicted octanol–water partition coefficient (Wildman–Crippen LogP) is 3.87. The Labute approximate surface area is 191 Å². The molecule has 0 aliphatic carbocycles. The molecule has 0 atom stereocenters. The number of anilines is 4. The largest absolute Gasteiger partial charge is 0.369 e. The van der Waals surface area contributed by atoms with Gasteiger partial charge in [-0.05, 0) is 37.6 Å². The third-order valence-corrected chi connectivity index (χ3v) is 6.21. The highest BCUT2D eigenvalue weighted by Crippen LogP contribution is 2.39. The highest BCUT2D eigenvalue weighted by Gasteiger charge is 2.27. The molecule has 4 heterocycles. The molecule has 0 fully saturated rings. The first-order valence-electron chi connectivity index (χ1n) is 11.2. The molecule has 3 aromatic rings. The van der Waals surface area contributed by atoms with Crippen LogP contribution in [0.4, 0.5) is 31.9 Å². The monoisotopic (exact) mass is 451 g/mol. The molecular formula is C24H27F2N7. The van der Waals surface area contributed by atoms with Gasteiger partial charge in [0.1, 0.15) is 17.3 Å². The van der Waals surface area contributed by atoms with Crippen LogP contribution in [0.1, 0.15) is 25.1 Å². The molecule has 7 nitrogen and oxygen atoms in total. The average molecular weight is 452 g/mol. The lowest BCUT2D eigenvalue weighted by Crippen LogP contribution is -2.43. The van der Waals surface area contributed by atoms with Crippen LogP contribution in [0.5, 0.6) is 0 Å². The molecule has 172 valence electrons. The van der Waals surface area contributed by atoms with E-state index in [0.717, 1.165) is 55.7 Å². The van der Waals surface area contributed by atoms with Crippen LogP contribution < -0.4 is 20.4 Å². The van der Waals surface area contributed by atoms with E-state index in [4.69, 9.17) is 0 Å². The number of benzene rings is 1. The van der Waals surface area contributed by atoms with Gasteiger partial charge in [0.15, 0.2) is 5.82 Å². The minimum atomic E-state index is -0.607. The van der Waals surface area contributed by atoms with Crippen molar-refractivity contribution >= 4 is 23.1 Å². The lowest BCUT2D eigenvalue weighted by Gasteiger charge is -2.39. The first-order chi connectivity index (χ1) is 15.9. The Morgan fingerprint density at radius 2 is 1.94 bits per heavy atom. The second kappa shape index (κ2) is 8.55. The van der Waals surface area contributed by atoms with E-state index in [2.05, 4.69) is 44.3 Å². The second-order valence-corrected chi connectivity index (χ2v) is 8.78. The summed E-state index contributed by atoms with van der Waals surface area (Å²) in [6.45, 7) is 7.30.